The van der Waals surface area contributed by atoms with Crippen LogP contribution < -0.4 is 10.6 Å². The Morgan fingerprint density at radius 1 is 1.53 bits per heavy atom. The van der Waals surface area contributed by atoms with Gasteiger partial charge in [0.2, 0.25) is 0 Å². The van der Waals surface area contributed by atoms with Gasteiger partial charge in [-0.05, 0) is 25.3 Å². The Labute approximate surface area is 116 Å². The average molecular weight is 282 g/mol. The van der Waals surface area contributed by atoms with Crippen LogP contribution in [-0.4, -0.2) is 35.2 Å². The van der Waals surface area contributed by atoms with E-state index in [1.807, 2.05) is 0 Å². The van der Waals surface area contributed by atoms with E-state index in [0.717, 1.165) is 19.3 Å². The largest absolute Gasteiger partial charge is 0.396 e. The van der Waals surface area contributed by atoms with Crippen LogP contribution in [0.5, 0.6) is 0 Å². The van der Waals surface area contributed by atoms with E-state index < -0.39 is 0 Å². The minimum atomic E-state index is -0.139. The normalized spacial score (nSPS) is 31.1. The highest BCUT2D eigenvalue weighted by molar-refractivity contribution is 6.29. The summed E-state index contributed by atoms with van der Waals surface area (Å²) in [6.07, 6.45) is 4.10. The SMILES string of the molecule is CNc1cc(Cl)ncc1C(=O)NC12CC(CO)(C1)C2. The van der Waals surface area contributed by atoms with E-state index in [1.54, 1.807) is 13.1 Å². The summed E-state index contributed by atoms with van der Waals surface area (Å²) >= 11 is 5.81. The van der Waals surface area contributed by atoms with Gasteiger partial charge in [-0.3, -0.25) is 4.79 Å². The van der Waals surface area contributed by atoms with Crippen molar-refractivity contribution in [1.82, 2.24) is 10.3 Å². The number of hydrogen-bond donors (Lipinski definition) is 3. The molecule has 0 aromatic carbocycles. The van der Waals surface area contributed by atoms with Crippen LogP contribution in [0.1, 0.15) is 29.6 Å². The molecule has 3 saturated carbocycles. The number of aromatic nitrogens is 1. The molecule has 3 aliphatic rings. The molecule has 1 heterocycles. The minimum absolute atomic E-state index is 0.0807. The number of carbonyl (C=O) groups excluding carboxylic acids is 1. The van der Waals surface area contributed by atoms with Crippen molar-refractivity contribution in [1.29, 1.82) is 0 Å². The maximum Gasteiger partial charge on any atom is 0.255 e. The molecule has 102 valence electrons. The van der Waals surface area contributed by atoms with Crippen molar-refractivity contribution in [2.45, 2.75) is 24.8 Å². The zero-order chi connectivity index (χ0) is 13.7. The lowest BCUT2D eigenvalue weighted by atomic mass is 9.39. The summed E-state index contributed by atoms with van der Waals surface area (Å²) in [5.41, 5.74) is 1.14. The van der Waals surface area contributed by atoms with Crippen LogP contribution in [-0.2, 0) is 0 Å². The number of aliphatic hydroxyl groups is 1. The molecule has 0 unspecified atom stereocenters. The predicted molar refractivity (Wildman–Crippen MR) is 72.4 cm³/mol. The summed E-state index contributed by atoms with van der Waals surface area (Å²) < 4.78 is 0. The third-order valence-electron chi connectivity index (χ3n) is 4.24. The first-order valence-electron chi connectivity index (χ1n) is 6.28. The maximum atomic E-state index is 12.3. The Morgan fingerprint density at radius 3 is 2.79 bits per heavy atom. The number of rotatable bonds is 4. The van der Waals surface area contributed by atoms with E-state index in [9.17, 15) is 9.90 Å². The zero-order valence-electron chi connectivity index (χ0n) is 10.7. The van der Waals surface area contributed by atoms with E-state index in [4.69, 9.17) is 11.6 Å². The molecular weight excluding hydrogens is 266 g/mol. The summed E-state index contributed by atoms with van der Waals surface area (Å²) in [5.74, 6) is -0.139. The van der Waals surface area contributed by atoms with Crippen molar-refractivity contribution in [3.8, 4) is 0 Å². The van der Waals surface area contributed by atoms with Crippen LogP contribution in [0.2, 0.25) is 5.15 Å². The number of nitrogens with one attached hydrogen (secondary N) is 2. The molecule has 1 amide bonds. The number of nitrogens with zero attached hydrogens (tertiary/aromatic N) is 1. The quantitative estimate of drug-likeness (QED) is 0.730. The molecule has 2 bridgehead atoms. The molecule has 3 fully saturated rings. The van der Waals surface area contributed by atoms with Crippen LogP contribution >= 0.6 is 11.6 Å². The second-order valence-electron chi connectivity index (χ2n) is 5.73. The van der Waals surface area contributed by atoms with Crippen LogP contribution in [0.3, 0.4) is 0 Å². The number of amides is 1. The lowest BCUT2D eigenvalue weighted by Crippen LogP contribution is -2.75. The molecule has 1 aromatic heterocycles. The highest BCUT2D eigenvalue weighted by atomic mass is 35.5. The van der Waals surface area contributed by atoms with E-state index >= 15 is 0 Å². The smallest absolute Gasteiger partial charge is 0.255 e. The molecular formula is C13H16ClN3O2. The van der Waals surface area contributed by atoms with Crippen molar-refractivity contribution < 1.29 is 9.90 Å². The lowest BCUT2D eigenvalue weighted by Gasteiger charge is -2.70. The number of aliphatic hydroxyl groups excluding tert-OH is 1. The Hall–Kier alpha value is -1.33. The van der Waals surface area contributed by atoms with Crippen molar-refractivity contribution in [2.75, 3.05) is 19.0 Å². The Balaban J connectivity index is 1.72. The lowest BCUT2D eigenvalue weighted by molar-refractivity contribution is -0.172. The molecule has 3 aliphatic carbocycles. The van der Waals surface area contributed by atoms with E-state index in [0.29, 0.717) is 16.4 Å². The third-order valence-corrected chi connectivity index (χ3v) is 4.45. The Morgan fingerprint density at radius 2 is 2.21 bits per heavy atom. The van der Waals surface area contributed by atoms with Gasteiger partial charge in [-0.15, -0.1) is 0 Å². The van der Waals surface area contributed by atoms with Gasteiger partial charge in [0.1, 0.15) is 5.15 Å². The first-order valence-corrected chi connectivity index (χ1v) is 6.66. The monoisotopic (exact) mass is 281 g/mol. The molecule has 6 heteroatoms. The van der Waals surface area contributed by atoms with Gasteiger partial charge in [0.15, 0.2) is 0 Å². The number of hydrogen-bond acceptors (Lipinski definition) is 4. The molecule has 0 spiro atoms. The van der Waals surface area contributed by atoms with Crippen molar-refractivity contribution in [3.05, 3.63) is 23.0 Å². The van der Waals surface area contributed by atoms with Crippen molar-refractivity contribution in [3.63, 3.8) is 0 Å². The van der Waals surface area contributed by atoms with Gasteiger partial charge in [-0.1, -0.05) is 11.6 Å². The van der Waals surface area contributed by atoms with Gasteiger partial charge >= 0.3 is 0 Å². The molecule has 19 heavy (non-hydrogen) atoms. The van der Waals surface area contributed by atoms with Gasteiger partial charge in [0.25, 0.3) is 5.91 Å². The Kier molecular flexibility index (Phi) is 2.73. The Bertz CT molecular complexity index is 527. The van der Waals surface area contributed by atoms with Gasteiger partial charge in [0, 0.05) is 30.8 Å². The summed E-state index contributed by atoms with van der Waals surface area (Å²) in [4.78, 5) is 16.2. The molecule has 0 aliphatic heterocycles. The van der Waals surface area contributed by atoms with Gasteiger partial charge in [-0.2, -0.15) is 0 Å². The average Bonchev–Trinajstić information content (AvgIpc) is 2.31. The van der Waals surface area contributed by atoms with Gasteiger partial charge in [0.05, 0.1) is 11.3 Å². The highest BCUT2D eigenvalue weighted by Crippen LogP contribution is 2.66. The highest BCUT2D eigenvalue weighted by Gasteiger charge is 2.68. The van der Waals surface area contributed by atoms with Gasteiger partial charge in [-0.25, -0.2) is 4.98 Å². The third kappa shape index (κ3) is 1.88. The second kappa shape index (κ2) is 4.08. The van der Waals surface area contributed by atoms with E-state index in [1.165, 1.54) is 6.20 Å². The summed E-state index contributed by atoms with van der Waals surface area (Å²) in [5, 5.41) is 15.6. The van der Waals surface area contributed by atoms with E-state index in [-0.39, 0.29) is 23.5 Å². The molecule has 1 aromatic rings. The zero-order valence-corrected chi connectivity index (χ0v) is 11.4. The van der Waals surface area contributed by atoms with Crippen LogP contribution in [0.25, 0.3) is 0 Å². The second-order valence-corrected chi connectivity index (χ2v) is 6.11. The minimum Gasteiger partial charge on any atom is -0.396 e. The van der Waals surface area contributed by atoms with Crippen LogP contribution in [0.4, 0.5) is 5.69 Å². The fourth-order valence-corrected chi connectivity index (χ4v) is 3.58. The van der Waals surface area contributed by atoms with Crippen LogP contribution in [0, 0.1) is 5.41 Å². The number of pyridine rings is 1. The summed E-state index contributed by atoms with van der Waals surface area (Å²) in [6.45, 7) is 0.217. The first kappa shape index (κ1) is 12.7. The standard InChI is InChI=1S/C13H16ClN3O2/c1-15-9-2-10(14)16-3-8(9)11(19)17-13-4-12(5-13,6-13)7-18/h2-3,18H,4-7H2,1H3,(H,15,16)(H,17,19). The predicted octanol–water partition coefficient (Wildman–Crippen LogP) is 1.42. The molecule has 0 atom stereocenters. The number of carbonyl (C=O) groups is 1. The van der Waals surface area contributed by atoms with Gasteiger partial charge < -0.3 is 15.7 Å². The fraction of sp³-hybridized carbons (Fsp3) is 0.538. The molecule has 5 nitrogen and oxygen atoms in total. The molecule has 0 saturated heterocycles. The van der Waals surface area contributed by atoms with Crippen molar-refractivity contribution >= 4 is 23.2 Å². The molecule has 3 N–H and O–H groups in total. The molecule has 4 rings (SSSR count). The first-order chi connectivity index (χ1) is 9.01. The topological polar surface area (TPSA) is 74.2 Å². The summed E-state index contributed by atoms with van der Waals surface area (Å²) in [7, 11) is 1.74. The maximum absolute atomic E-state index is 12.3. The summed E-state index contributed by atoms with van der Waals surface area (Å²) in [6, 6.07) is 1.63. The van der Waals surface area contributed by atoms with E-state index in [2.05, 4.69) is 15.6 Å². The number of anilines is 1. The molecule has 0 radical (unpaired) electrons. The number of halogens is 1. The van der Waals surface area contributed by atoms with Crippen LogP contribution in [0.15, 0.2) is 12.3 Å². The van der Waals surface area contributed by atoms with Crippen molar-refractivity contribution in [2.24, 2.45) is 5.41 Å². The fourth-order valence-electron chi connectivity index (χ4n) is 3.42.